The first-order valence-corrected chi connectivity index (χ1v) is 11.3. The summed E-state index contributed by atoms with van der Waals surface area (Å²) in [4.78, 5) is 26.6. The van der Waals surface area contributed by atoms with Gasteiger partial charge >= 0.3 is 0 Å². The third-order valence-electron chi connectivity index (χ3n) is 5.57. The van der Waals surface area contributed by atoms with E-state index in [1.165, 1.54) is 5.56 Å². The Morgan fingerprint density at radius 3 is 2.19 bits per heavy atom. The van der Waals surface area contributed by atoms with Crippen LogP contribution in [0.4, 0.5) is 0 Å². The van der Waals surface area contributed by atoms with Gasteiger partial charge in [0.05, 0.1) is 12.2 Å². The van der Waals surface area contributed by atoms with Crippen molar-refractivity contribution in [3.8, 4) is 0 Å². The Hall–Kier alpha value is -2.50. The molecular formula is C26H34N2O3. The lowest BCUT2D eigenvalue weighted by atomic mass is 10.0. The smallest absolute Gasteiger partial charge is 0.220 e. The number of ether oxygens (including phenoxy) is 1. The minimum atomic E-state index is 0.0347. The van der Waals surface area contributed by atoms with E-state index in [1.807, 2.05) is 30.3 Å². The molecule has 2 aromatic carbocycles. The van der Waals surface area contributed by atoms with Crippen molar-refractivity contribution in [1.29, 1.82) is 0 Å². The number of nitrogens with one attached hydrogen (secondary N) is 1. The van der Waals surface area contributed by atoms with Gasteiger partial charge in [0.1, 0.15) is 0 Å². The van der Waals surface area contributed by atoms with E-state index in [4.69, 9.17) is 4.74 Å². The number of amides is 1. The highest BCUT2D eigenvalue weighted by Crippen LogP contribution is 2.15. The maximum Gasteiger partial charge on any atom is 0.220 e. The van der Waals surface area contributed by atoms with Crippen molar-refractivity contribution >= 4 is 11.7 Å². The summed E-state index contributed by atoms with van der Waals surface area (Å²) >= 11 is 0. The molecule has 2 unspecified atom stereocenters. The summed E-state index contributed by atoms with van der Waals surface area (Å²) in [5, 5.41) is 2.98. The minimum Gasteiger partial charge on any atom is -0.373 e. The normalized spacial score (nSPS) is 19.2. The molecule has 1 N–H and O–H groups in total. The molecule has 0 radical (unpaired) electrons. The third kappa shape index (κ3) is 7.93. The highest BCUT2D eigenvalue weighted by Gasteiger charge is 2.21. The molecule has 0 aliphatic carbocycles. The predicted molar refractivity (Wildman–Crippen MR) is 123 cm³/mol. The molecule has 2 atom stereocenters. The molecule has 1 fully saturated rings. The molecule has 5 nitrogen and oxygen atoms in total. The number of unbranched alkanes of at least 4 members (excludes halogenated alkanes) is 1. The molecule has 31 heavy (non-hydrogen) atoms. The number of morpholine rings is 1. The van der Waals surface area contributed by atoms with Crippen molar-refractivity contribution in [3.05, 3.63) is 71.3 Å². The topological polar surface area (TPSA) is 58.6 Å². The van der Waals surface area contributed by atoms with E-state index in [0.717, 1.165) is 43.6 Å². The lowest BCUT2D eigenvalue weighted by molar-refractivity contribution is -0.121. The largest absolute Gasteiger partial charge is 0.373 e. The molecule has 2 aromatic rings. The van der Waals surface area contributed by atoms with Gasteiger partial charge in [-0.25, -0.2) is 0 Å². The Kier molecular flexibility index (Phi) is 8.80. The van der Waals surface area contributed by atoms with Gasteiger partial charge in [0.15, 0.2) is 5.78 Å². The number of hydrogen-bond donors (Lipinski definition) is 1. The van der Waals surface area contributed by atoms with Crippen LogP contribution in [0.1, 0.15) is 61.0 Å². The molecule has 1 heterocycles. The first-order valence-electron chi connectivity index (χ1n) is 11.3. The van der Waals surface area contributed by atoms with Crippen molar-refractivity contribution in [2.24, 2.45) is 0 Å². The van der Waals surface area contributed by atoms with Crippen LogP contribution in [0.5, 0.6) is 0 Å². The number of ketones is 1. The van der Waals surface area contributed by atoms with Gasteiger partial charge in [-0.1, -0.05) is 54.6 Å². The summed E-state index contributed by atoms with van der Waals surface area (Å²) in [5.74, 6) is 0.176. The Bertz CT molecular complexity index is 825. The van der Waals surface area contributed by atoms with Crippen molar-refractivity contribution in [1.82, 2.24) is 10.2 Å². The van der Waals surface area contributed by atoms with Crippen LogP contribution in [0, 0.1) is 0 Å². The summed E-state index contributed by atoms with van der Waals surface area (Å²) in [6.07, 6.45) is 2.94. The zero-order chi connectivity index (χ0) is 22.1. The minimum absolute atomic E-state index is 0.0347. The Morgan fingerprint density at radius 2 is 1.52 bits per heavy atom. The van der Waals surface area contributed by atoms with Crippen LogP contribution in [0.2, 0.25) is 0 Å². The van der Waals surface area contributed by atoms with Gasteiger partial charge in [-0.3, -0.25) is 14.5 Å². The Morgan fingerprint density at radius 1 is 0.903 bits per heavy atom. The van der Waals surface area contributed by atoms with Crippen LogP contribution >= 0.6 is 0 Å². The first kappa shape index (κ1) is 23.2. The van der Waals surface area contributed by atoms with Gasteiger partial charge in [-0.15, -0.1) is 0 Å². The fourth-order valence-electron chi connectivity index (χ4n) is 4.06. The number of nitrogens with zero attached hydrogens (tertiary/aromatic N) is 1. The van der Waals surface area contributed by atoms with Crippen LogP contribution in [0.15, 0.2) is 54.6 Å². The lowest BCUT2D eigenvalue weighted by Gasteiger charge is -2.35. The SMILES string of the molecule is CC1CN(Cc2ccc(CNC(=O)CCCCC(=O)c3ccccc3)cc2)CC(C)O1. The highest BCUT2D eigenvalue weighted by molar-refractivity contribution is 5.95. The maximum absolute atomic E-state index is 12.1. The summed E-state index contributed by atoms with van der Waals surface area (Å²) in [5.41, 5.74) is 3.12. The second kappa shape index (κ2) is 11.8. The molecule has 1 aliphatic rings. The van der Waals surface area contributed by atoms with E-state index in [2.05, 4.69) is 48.3 Å². The summed E-state index contributed by atoms with van der Waals surface area (Å²) in [6.45, 7) is 7.61. The summed E-state index contributed by atoms with van der Waals surface area (Å²) in [6, 6.07) is 17.8. The van der Waals surface area contributed by atoms with Gasteiger partial charge in [-0.2, -0.15) is 0 Å². The van der Waals surface area contributed by atoms with E-state index < -0.39 is 0 Å². The van der Waals surface area contributed by atoms with Gasteiger partial charge in [0, 0.05) is 44.6 Å². The molecule has 0 aromatic heterocycles. The maximum atomic E-state index is 12.1. The van der Waals surface area contributed by atoms with Crippen LogP contribution in [-0.2, 0) is 22.6 Å². The van der Waals surface area contributed by atoms with E-state index in [-0.39, 0.29) is 23.9 Å². The van der Waals surface area contributed by atoms with Crippen LogP contribution in [0.25, 0.3) is 0 Å². The molecular weight excluding hydrogens is 388 g/mol. The number of benzene rings is 2. The van der Waals surface area contributed by atoms with Crippen LogP contribution in [0.3, 0.4) is 0 Å². The molecule has 0 saturated carbocycles. The van der Waals surface area contributed by atoms with Crippen molar-refractivity contribution in [3.63, 3.8) is 0 Å². The molecule has 1 aliphatic heterocycles. The molecule has 3 rings (SSSR count). The van der Waals surface area contributed by atoms with E-state index in [9.17, 15) is 9.59 Å². The van der Waals surface area contributed by atoms with Crippen molar-refractivity contribution in [2.45, 2.75) is 64.8 Å². The van der Waals surface area contributed by atoms with Gasteiger partial charge in [0.2, 0.25) is 5.91 Å². The molecule has 0 bridgehead atoms. The zero-order valence-electron chi connectivity index (χ0n) is 18.7. The second-order valence-electron chi connectivity index (χ2n) is 8.54. The number of carbonyl (C=O) groups excluding carboxylic acids is 2. The van der Waals surface area contributed by atoms with Crippen LogP contribution < -0.4 is 5.32 Å². The molecule has 166 valence electrons. The number of rotatable bonds is 10. The standard InChI is InChI=1S/C26H34N2O3/c1-20-17-28(18-21(2)31-20)19-23-14-12-22(13-15-23)16-27-26(30)11-7-6-10-25(29)24-8-4-3-5-9-24/h3-5,8-9,12-15,20-21H,6-7,10-11,16-19H2,1-2H3,(H,27,30). The number of hydrogen-bond acceptors (Lipinski definition) is 4. The number of Topliss-reactive ketones (excluding diaryl/α,β-unsaturated/α-hetero) is 1. The zero-order valence-corrected chi connectivity index (χ0v) is 18.7. The Labute approximate surface area is 185 Å². The average molecular weight is 423 g/mol. The molecule has 5 heteroatoms. The predicted octanol–water partition coefficient (Wildman–Crippen LogP) is 4.36. The van der Waals surface area contributed by atoms with Crippen molar-refractivity contribution < 1.29 is 14.3 Å². The Balaban J connectivity index is 1.32. The average Bonchev–Trinajstić information content (AvgIpc) is 2.76. The van der Waals surface area contributed by atoms with E-state index in [0.29, 0.717) is 19.4 Å². The third-order valence-corrected chi connectivity index (χ3v) is 5.57. The van der Waals surface area contributed by atoms with Crippen molar-refractivity contribution in [2.75, 3.05) is 13.1 Å². The first-order chi connectivity index (χ1) is 15.0. The number of carbonyl (C=O) groups is 2. The highest BCUT2D eigenvalue weighted by atomic mass is 16.5. The monoisotopic (exact) mass is 422 g/mol. The molecule has 0 spiro atoms. The molecule has 1 amide bonds. The van der Waals surface area contributed by atoms with Gasteiger partial charge < -0.3 is 10.1 Å². The van der Waals surface area contributed by atoms with E-state index >= 15 is 0 Å². The van der Waals surface area contributed by atoms with Gasteiger partial charge in [0.25, 0.3) is 0 Å². The second-order valence-corrected chi connectivity index (χ2v) is 8.54. The fraction of sp³-hybridized carbons (Fsp3) is 0.462. The lowest BCUT2D eigenvalue weighted by Crippen LogP contribution is -2.44. The molecule has 1 saturated heterocycles. The summed E-state index contributed by atoms with van der Waals surface area (Å²) < 4.78 is 5.80. The quantitative estimate of drug-likeness (QED) is 0.457. The summed E-state index contributed by atoms with van der Waals surface area (Å²) in [7, 11) is 0. The van der Waals surface area contributed by atoms with E-state index in [1.54, 1.807) is 0 Å². The van der Waals surface area contributed by atoms with Crippen LogP contribution in [-0.4, -0.2) is 41.9 Å². The van der Waals surface area contributed by atoms with Gasteiger partial charge in [-0.05, 0) is 37.8 Å². The fourth-order valence-corrected chi connectivity index (χ4v) is 4.06.